The average Bonchev–Trinajstić information content (AvgIpc) is 3.91. The van der Waals surface area contributed by atoms with Crippen molar-refractivity contribution >= 4 is 43.7 Å². The lowest BCUT2D eigenvalue weighted by Gasteiger charge is -2.15. The van der Waals surface area contributed by atoms with Crippen LogP contribution in [0.15, 0.2) is 223 Å². The Morgan fingerprint density at radius 1 is 0.339 bits per heavy atom. The second-order valence-corrected chi connectivity index (χ2v) is 15.6. The van der Waals surface area contributed by atoms with E-state index in [2.05, 4.69) is 162 Å². The second kappa shape index (κ2) is 14.7. The highest BCUT2D eigenvalue weighted by Gasteiger charge is 2.23. The molecular formula is C57H36N4O. The van der Waals surface area contributed by atoms with Gasteiger partial charge in [-0.15, -0.1) is 0 Å². The lowest BCUT2D eigenvalue weighted by atomic mass is 9.92. The molecule has 0 amide bonds. The van der Waals surface area contributed by atoms with E-state index in [4.69, 9.17) is 19.4 Å². The van der Waals surface area contributed by atoms with E-state index in [1.54, 1.807) is 0 Å². The molecule has 0 radical (unpaired) electrons. The van der Waals surface area contributed by atoms with E-state index in [-0.39, 0.29) is 0 Å². The van der Waals surface area contributed by atoms with E-state index in [0.29, 0.717) is 17.5 Å². The molecule has 0 atom stereocenters. The molecule has 0 fully saturated rings. The van der Waals surface area contributed by atoms with E-state index in [0.717, 1.165) is 83.2 Å². The summed E-state index contributed by atoms with van der Waals surface area (Å²) in [6.45, 7) is 0. The number of furan rings is 1. The summed E-state index contributed by atoms with van der Waals surface area (Å²) < 4.78 is 9.40. The first-order valence-corrected chi connectivity index (χ1v) is 20.9. The number of fused-ring (bicyclic) bond motifs is 7. The molecule has 0 aliphatic rings. The molecule has 5 nitrogen and oxygen atoms in total. The van der Waals surface area contributed by atoms with Gasteiger partial charge in [-0.2, -0.15) is 0 Å². The first-order valence-electron chi connectivity index (χ1n) is 20.9. The maximum atomic E-state index is 7.02. The van der Waals surface area contributed by atoms with Crippen molar-refractivity contribution in [3.05, 3.63) is 218 Å². The van der Waals surface area contributed by atoms with E-state index >= 15 is 0 Å². The first-order chi connectivity index (χ1) is 30.7. The number of nitrogens with zero attached hydrogens (tertiary/aromatic N) is 4. The fraction of sp³-hybridized carbons (Fsp3) is 0. The topological polar surface area (TPSA) is 56.7 Å². The third kappa shape index (κ3) is 5.98. The van der Waals surface area contributed by atoms with Crippen molar-refractivity contribution in [2.45, 2.75) is 0 Å². The smallest absolute Gasteiger partial charge is 0.164 e. The normalized spacial score (nSPS) is 11.5. The molecule has 9 aromatic carbocycles. The summed E-state index contributed by atoms with van der Waals surface area (Å²) >= 11 is 0. The number of rotatable bonds is 7. The van der Waals surface area contributed by atoms with E-state index in [1.807, 2.05) is 60.7 Å². The van der Waals surface area contributed by atoms with Gasteiger partial charge in [0, 0.05) is 44.1 Å². The van der Waals surface area contributed by atoms with Crippen molar-refractivity contribution in [3.63, 3.8) is 0 Å². The molecule has 290 valence electrons. The molecule has 0 saturated heterocycles. The molecule has 12 aromatic rings. The van der Waals surface area contributed by atoms with Gasteiger partial charge < -0.3 is 8.98 Å². The number of para-hydroxylation sites is 3. The Morgan fingerprint density at radius 3 is 1.60 bits per heavy atom. The third-order valence-corrected chi connectivity index (χ3v) is 11.9. The number of hydrogen-bond acceptors (Lipinski definition) is 4. The van der Waals surface area contributed by atoms with Crippen LogP contribution in [0.25, 0.3) is 117 Å². The number of aromatic nitrogens is 4. The summed E-state index contributed by atoms with van der Waals surface area (Å²) in [6, 6.07) is 76.1. The van der Waals surface area contributed by atoms with Crippen LogP contribution < -0.4 is 0 Å². The van der Waals surface area contributed by atoms with Crippen LogP contribution in [0.5, 0.6) is 0 Å². The Balaban J connectivity index is 1.13. The van der Waals surface area contributed by atoms with E-state index < -0.39 is 0 Å². The predicted octanol–water partition coefficient (Wildman–Crippen LogP) is 14.9. The van der Waals surface area contributed by atoms with Crippen molar-refractivity contribution < 1.29 is 4.42 Å². The first kappa shape index (κ1) is 35.5. The molecular weight excluding hydrogens is 757 g/mol. The predicted molar refractivity (Wildman–Crippen MR) is 254 cm³/mol. The molecule has 0 aliphatic carbocycles. The second-order valence-electron chi connectivity index (χ2n) is 15.6. The molecule has 0 unspecified atom stereocenters. The minimum Gasteiger partial charge on any atom is -0.455 e. The molecule has 5 heteroatoms. The SMILES string of the molecule is c1ccc(-c2cccc(-c3ccc(-c4cccc5c4oc4ccc6c7ccccc7n(-c7ccccc7)c6c45)c(-c4nc(-c5ccccc5)nc(-c5ccccc5)n4)c3)c2)cc1. The molecule has 62 heavy (non-hydrogen) atoms. The van der Waals surface area contributed by atoms with Crippen molar-refractivity contribution in [1.82, 2.24) is 19.5 Å². The van der Waals surface area contributed by atoms with Gasteiger partial charge in [0.2, 0.25) is 0 Å². The third-order valence-electron chi connectivity index (χ3n) is 11.9. The van der Waals surface area contributed by atoms with Crippen molar-refractivity contribution in [2.75, 3.05) is 0 Å². The van der Waals surface area contributed by atoms with Crippen molar-refractivity contribution in [3.8, 4) is 73.2 Å². The van der Waals surface area contributed by atoms with Gasteiger partial charge >= 0.3 is 0 Å². The molecule has 0 bridgehead atoms. The largest absolute Gasteiger partial charge is 0.455 e. The summed E-state index contributed by atoms with van der Waals surface area (Å²) in [4.78, 5) is 15.6. The van der Waals surface area contributed by atoms with Crippen molar-refractivity contribution in [1.29, 1.82) is 0 Å². The summed E-state index contributed by atoms with van der Waals surface area (Å²) in [5, 5.41) is 4.50. The minimum atomic E-state index is 0.577. The van der Waals surface area contributed by atoms with Crippen LogP contribution in [0.2, 0.25) is 0 Å². The van der Waals surface area contributed by atoms with Gasteiger partial charge in [-0.3, -0.25) is 0 Å². The molecule has 0 spiro atoms. The van der Waals surface area contributed by atoms with Gasteiger partial charge in [0.05, 0.1) is 16.4 Å². The maximum absolute atomic E-state index is 7.02. The zero-order valence-corrected chi connectivity index (χ0v) is 33.5. The van der Waals surface area contributed by atoms with Crippen molar-refractivity contribution in [2.24, 2.45) is 0 Å². The minimum absolute atomic E-state index is 0.577. The summed E-state index contributed by atoms with van der Waals surface area (Å²) in [6.07, 6.45) is 0. The molecule has 0 saturated carbocycles. The standard InChI is InChI=1S/C57H36N4O/c1-5-17-37(18-6-1)40-23-15-24-41(35-40)42-31-32-44(49(36-42)57-59-55(38-19-7-2-8-20-38)58-56(60-57)39-21-9-3-10-22-39)47-28-16-29-48-52-51(62-54(47)48)34-33-46-45-27-13-14-30-50(45)61(53(46)52)43-25-11-4-12-26-43/h1-36H. The fourth-order valence-corrected chi connectivity index (χ4v) is 8.98. The molecule has 3 heterocycles. The number of hydrogen-bond donors (Lipinski definition) is 0. The molecule has 0 aliphatic heterocycles. The van der Waals surface area contributed by atoms with Gasteiger partial charge in [0.25, 0.3) is 0 Å². The lowest BCUT2D eigenvalue weighted by molar-refractivity contribution is 0.670. The van der Waals surface area contributed by atoms with Crippen LogP contribution in [0.1, 0.15) is 0 Å². The Kier molecular flexibility index (Phi) is 8.42. The highest BCUT2D eigenvalue weighted by Crippen LogP contribution is 2.45. The monoisotopic (exact) mass is 792 g/mol. The fourth-order valence-electron chi connectivity index (χ4n) is 8.98. The summed E-state index contributed by atoms with van der Waals surface area (Å²) in [5.41, 5.74) is 14.1. The summed E-state index contributed by atoms with van der Waals surface area (Å²) in [5.74, 6) is 1.79. The average molecular weight is 793 g/mol. The van der Waals surface area contributed by atoms with E-state index in [1.165, 1.54) is 16.3 Å². The van der Waals surface area contributed by atoms with Crippen LogP contribution in [-0.2, 0) is 0 Å². The van der Waals surface area contributed by atoms with Crippen LogP contribution in [0, 0.1) is 0 Å². The molecule has 3 aromatic heterocycles. The number of benzene rings is 9. The highest BCUT2D eigenvalue weighted by atomic mass is 16.3. The highest BCUT2D eigenvalue weighted by molar-refractivity contribution is 6.25. The van der Waals surface area contributed by atoms with Gasteiger partial charge in [-0.25, -0.2) is 15.0 Å². The Morgan fingerprint density at radius 2 is 0.887 bits per heavy atom. The zero-order chi connectivity index (χ0) is 41.0. The Hall–Kier alpha value is -8.41. The van der Waals surface area contributed by atoms with Crippen LogP contribution >= 0.6 is 0 Å². The van der Waals surface area contributed by atoms with Crippen LogP contribution in [0.4, 0.5) is 0 Å². The Bertz CT molecular complexity index is 3560. The van der Waals surface area contributed by atoms with Crippen LogP contribution in [0.3, 0.4) is 0 Å². The maximum Gasteiger partial charge on any atom is 0.164 e. The summed E-state index contributed by atoms with van der Waals surface area (Å²) in [7, 11) is 0. The Labute approximate surface area is 357 Å². The quantitative estimate of drug-likeness (QED) is 0.161. The molecule has 0 N–H and O–H groups in total. The van der Waals surface area contributed by atoms with Gasteiger partial charge in [0.1, 0.15) is 11.2 Å². The lowest BCUT2D eigenvalue weighted by Crippen LogP contribution is -2.01. The van der Waals surface area contributed by atoms with Gasteiger partial charge in [0.15, 0.2) is 17.5 Å². The van der Waals surface area contributed by atoms with Crippen LogP contribution in [-0.4, -0.2) is 19.5 Å². The van der Waals surface area contributed by atoms with Gasteiger partial charge in [-0.05, 0) is 70.3 Å². The van der Waals surface area contributed by atoms with E-state index in [9.17, 15) is 0 Å². The molecule has 12 rings (SSSR count). The zero-order valence-electron chi connectivity index (χ0n) is 33.5. The van der Waals surface area contributed by atoms with Gasteiger partial charge in [-0.1, -0.05) is 176 Å².